The smallest absolute Gasteiger partial charge is 0.305 e. The Morgan fingerprint density at radius 2 is 2.00 bits per heavy atom. The lowest BCUT2D eigenvalue weighted by molar-refractivity contribution is -0.145. The fraction of sp³-hybridized carbons (Fsp3) is 0.909. The van der Waals surface area contributed by atoms with Crippen LogP contribution in [0, 0.1) is 5.92 Å². The minimum atomic E-state index is -0.0336. The number of carbonyl (C=O) groups is 1. The van der Waals surface area contributed by atoms with Crippen molar-refractivity contribution < 1.29 is 9.53 Å². The molecule has 0 N–H and O–H groups in total. The van der Waals surface area contributed by atoms with E-state index < -0.39 is 0 Å². The first kappa shape index (κ1) is 12.5. The van der Waals surface area contributed by atoms with E-state index in [0.717, 1.165) is 25.7 Å². The maximum atomic E-state index is 11.1. The van der Waals surface area contributed by atoms with Crippen LogP contribution in [0.1, 0.15) is 52.9 Å². The molecule has 0 radical (unpaired) electrons. The number of hydrogen-bond acceptors (Lipinski definition) is 2. The normalized spacial score (nSPS) is 12.5. The van der Waals surface area contributed by atoms with E-state index in [9.17, 15) is 4.79 Å². The molecule has 0 amide bonds. The van der Waals surface area contributed by atoms with Crippen molar-refractivity contribution in [1.82, 2.24) is 0 Å². The van der Waals surface area contributed by atoms with E-state index in [1.807, 2.05) is 0 Å². The van der Waals surface area contributed by atoms with Gasteiger partial charge in [-0.15, -0.1) is 0 Å². The average Bonchev–Trinajstić information content (AvgIpc) is 2.14. The zero-order valence-electron chi connectivity index (χ0n) is 9.14. The molecule has 0 aromatic heterocycles. The minimum absolute atomic E-state index is 0.0336. The van der Waals surface area contributed by atoms with Gasteiger partial charge in [-0.3, -0.25) is 4.79 Å². The predicted octanol–water partition coefficient (Wildman–Crippen LogP) is 3.16. The van der Waals surface area contributed by atoms with Gasteiger partial charge >= 0.3 is 5.97 Å². The molecule has 0 aliphatic heterocycles. The van der Waals surface area contributed by atoms with Crippen molar-refractivity contribution in [2.45, 2.75) is 52.9 Å². The van der Waals surface area contributed by atoms with Gasteiger partial charge in [0.25, 0.3) is 0 Å². The molecule has 2 nitrogen and oxygen atoms in total. The molecule has 0 fully saturated rings. The molecule has 0 saturated heterocycles. The summed E-state index contributed by atoms with van der Waals surface area (Å²) in [6, 6.07) is 0. The van der Waals surface area contributed by atoms with Crippen LogP contribution in [0.5, 0.6) is 0 Å². The van der Waals surface area contributed by atoms with Crippen LogP contribution in [0.4, 0.5) is 0 Å². The van der Waals surface area contributed by atoms with Crippen molar-refractivity contribution in [3.8, 4) is 0 Å². The highest BCUT2D eigenvalue weighted by Gasteiger charge is 2.04. The number of esters is 1. The molecule has 0 aliphatic rings. The van der Waals surface area contributed by atoms with E-state index in [1.165, 1.54) is 0 Å². The maximum Gasteiger partial charge on any atom is 0.305 e. The molecule has 2 heteroatoms. The summed E-state index contributed by atoms with van der Waals surface area (Å²) in [5.41, 5.74) is 0. The van der Waals surface area contributed by atoms with E-state index in [-0.39, 0.29) is 5.97 Å². The summed E-state index contributed by atoms with van der Waals surface area (Å²) in [5, 5.41) is 0. The largest absolute Gasteiger partial charge is 0.465 e. The van der Waals surface area contributed by atoms with Gasteiger partial charge in [0.1, 0.15) is 0 Å². The quantitative estimate of drug-likeness (QED) is 0.451. The zero-order chi connectivity index (χ0) is 10.1. The van der Waals surface area contributed by atoms with Crippen LogP contribution in [-0.4, -0.2) is 12.6 Å². The standard InChI is InChI=1S/C11H22O2/c1-4-6-7-8-11(12)13-9-10(3)5-2/h10H,4-9H2,1-3H3/t10-/m1/s1. The third-order valence-electron chi connectivity index (χ3n) is 2.21. The lowest BCUT2D eigenvalue weighted by Gasteiger charge is -2.09. The van der Waals surface area contributed by atoms with Gasteiger partial charge in [-0.25, -0.2) is 0 Å². The molecule has 0 unspecified atom stereocenters. The molecular formula is C11H22O2. The number of unbranched alkanes of at least 4 members (excludes halogenated alkanes) is 2. The summed E-state index contributed by atoms with van der Waals surface area (Å²) in [6.45, 7) is 6.92. The first-order chi connectivity index (χ1) is 6.20. The number of ether oxygens (including phenoxy) is 1. The van der Waals surface area contributed by atoms with Crippen LogP contribution in [0.3, 0.4) is 0 Å². The van der Waals surface area contributed by atoms with Crippen molar-refractivity contribution in [3.63, 3.8) is 0 Å². The van der Waals surface area contributed by atoms with Gasteiger partial charge in [0.15, 0.2) is 0 Å². The van der Waals surface area contributed by atoms with E-state index in [1.54, 1.807) is 0 Å². The van der Waals surface area contributed by atoms with E-state index in [2.05, 4.69) is 20.8 Å². The Bertz CT molecular complexity index is 132. The van der Waals surface area contributed by atoms with E-state index in [4.69, 9.17) is 4.74 Å². The van der Waals surface area contributed by atoms with Crippen molar-refractivity contribution in [2.24, 2.45) is 5.92 Å². The number of carbonyl (C=O) groups excluding carboxylic acids is 1. The van der Waals surface area contributed by atoms with Crippen LogP contribution < -0.4 is 0 Å². The number of rotatable bonds is 7. The molecule has 0 heterocycles. The molecular weight excluding hydrogens is 164 g/mol. The average molecular weight is 186 g/mol. The van der Waals surface area contributed by atoms with E-state index >= 15 is 0 Å². The van der Waals surface area contributed by atoms with Gasteiger partial charge in [-0.2, -0.15) is 0 Å². The molecule has 0 bridgehead atoms. The molecule has 0 aliphatic carbocycles. The van der Waals surface area contributed by atoms with Gasteiger partial charge in [0.05, 0.1) is 6.61 Å². The van der Waals surface area contributed by atoms with Gasteiger partial charge < -0.3 is 4.74 Å². The topological polar surface area (TPSA) is 26.3 Å². The minimum Gasteiger partial charge on any atom is -0.465 e. The molecule has 0 aromatic rings. The molecule has 0 spiro atoms. The van der Waals surface area contributed by atoms with E-state index in [0.29, 0.717) is 18.9 Å². The summed E-state index contributed by atoms with van der Waals surface area (Å²) in [4.78, 5) is 11.1. The first-order valence-corrected chi connectivity index (χ1v) is 5.36. The van der Waals surface area contributed by atoms with Crippen LogP contribution in [0.25, 0.3) is 0 Å². The highest BCUT2D eigenvalue weighted by atomic mass is 16.5. The predicted molar refractivity (Wildman–Crippen MR) is 54.6 cm³/mol. The summed E-state index contributed by atoms with van der Waals surface area (Å²) in [5.74, 6) is 0.462. The maximum absolute atomic E-state index is 11.1. The Kier molecular flexibility index (Phi) is 7.76. The molecule has 0 saturated carbocycles. The molecule has 13 heavy (non-hydrogen) atoms. The number of hydrogen-bond donors (Lipinski definition) is 0. The highest BCUT2D eigenvalue weighted by Crippen LogP contribution is 2.04. The third-order valence-corrected chi connectivity index (χ3v) is 2.21. The molecule has 0 aromatic carbocycles. The van der Waals surface area contributed by atoms with Gasteiger partial charge in [0.2, 0.25) is 0 Å². The Hall–Kier alpha value is -0.530. The summed E-state index contributed by atoms with van der Waals surface area (Å²) >= 11 is 0. The van der Waals surface area contributed by atoms with Crippen molar-refractivity contribution in [1.29, 1.82) is 0 Å². The second kappa shape index (κ2) is 8.09. The zero-order valence-corrected chi connectivity index (χ0v) is 9.14. The summed E-state index contributed by atoms with van der Waals surface area (Å²) < 4.78 is 5.10. The fourth-order valence-electron chi connectivity index (χ4n) is 0.945. The van der Waals surface area contributed by atoms with Crippen molar-refractivity contribution in [2.75, 3.05) is 6.61 Å². The van der Waals surface area contributed by atoms with Gasteiger partial charge in [-0.05, 0) is 12.3 Å². The van der Waals surface area contributed by atoms with Gasteiger partial charge in [-0.1, -0.05) is 40.0 Å². The van der Waals surface area contributed by atoms with Crippen LogP contribution in [0.2, 0.25) is 0 Å². The molecule has 0 rings (SSSR count). The Balaban J connectivity index is 3.30. The second-order valence-corrected chi connectivity index (χ2v) is 3.65. The monoisotopic (exact) mass is 186 g/mol. The van der Waals surface area contributed by atoms with Crippen molar-refractivity contribution in [3.05, 3.63) is 0 Å². The Morgan fingerprint density at radius 1 is 1.31 bits per heavy atom. The lowest BCUT2D eigenvalue weighted by atomic mass is 10.1. The fourth-order valence-corrected chi connectivity index (χ4v) is 0.945. The highest BCUT2D eigenvalue weighted by molar-refractivity contribution is 5.69. The second-order valence-electron chi connectivity index (χ2n) is 3.65. The lowest BCUT2D eigenvalue weighted by Crippen LogP contribution is -2.10. The van der Waals surface area contributed by atoms with Crippen LogP contribution >= 0.6 is 0 Å². The van der Waals surface area contributed by atoms with Crippen molar-refractivity contribution >= 4 is 5.97 Å². The Labute approximate surface area is 81.7 Å². The molecule has 78 valence electrons. The summed E-state index contributed by atoms with van der Waals surface area (Å²) in [6.07, 6.45) is 4.90. The van der Waals surface area contributed by atoms with Crippen LogP contribution in [-0.2, 0) is 9.53 Å². The molecule has 1 atom stereocenters. The third kappa shape index (κ3) is 7.82. The Morgan fingerprint density at radius 3 is 2.54 bits per heavy atom. The van der Waals surface area contributed by atoms with Gasteiger partial charge in [0, 0.05) is 6.42 Å². The first-order valence-electron chi connectivity index (χ1n) is 5.36. The SMILES string of the molecule is CCCCCC(=O)OC[C@H](C)CC. The summed E-state index contributed by atoms with van der Waals surface area (Å²) in [7, 11) is 0. The van der Waals surface area contributed by atoms with Crippen LogP contribution in [0.15, 0.2) is 0 Å².